The number of aromatic nitrogens is 3. The van der Waals surface area contributed by atoms with Crippen LogP contribution in [0.2, 0.25) is 0 Å². The van der Waals surface area contributed by atoms with Gasteiger partial charge in [-0.1, -0.05) is 0 Å². The van der Waals surface area contributed by atoms with Gasteiger partial charge in [0.2, 0.25) is 0 Å². The Kier molecular flexibility index (Phi) is 2.75. The highest BCUT2D eigenvalue weighted by Gasteiger charge is 2.27. The van der Waals surface area contributed by atoms with Gasteiger partial charge >= 0.3 is 0 Å². The van der Waals surface area contributed by atoms with Gasteiger partial charge in [0, 0.05) is 18.5 Å². The molecule has 0 saturated carbocycles. The largest absolute Gasteiger partial charge is 0.344 e. The summed E-state index contributed by atoms with van der Waals surface area (Å²) in [6.45, 7) is 1.84. The molecule has 0 saturated heterocycles. The van der Waals surface area contributed by atoms with Crippen molar-refractivity contribution in [2.24, 2.45) is 7.05 Å². The summed E-state index contributed by atoms with van der Waals surface area (Å²) >= 11 is 0. The van der Waals surface area contributed by atoms with Gasteiger partial charge in [0.1, 0.15) is 5.69 Å². The first-order valence-electron chi connectivity index (χ1n) is 7.09. The number of nitrogens with one attached hydrogen (secondary N) is 1. The maximum absolute atomic E-state index is 13.6. The van der Waals surface area contributed by atoms with Gasteiger partial charge in [-0.25, -0.2) is 13.8 Å². The Morgan fingerprint density at radius 3 is 2.74 bits per heavy atom. The molecular weight excluding hydrogens is 302 g/mol. The van der Waals surface area contributed by atoms with Crippen molar-refractivity contribution in [3.05, 3.63) is 47.2 Å². The molecule has 1 aliphatic heterocycles. The van der Waals surface area contributed by atoms with Gasteiger partial charge in [0.05, 0.1) is 28.5 Å². The first-order chi connectivity index (χ1) is 11.0. The highest BCUT2D eigenvalue weighted by molar-refractivity contribution is 5.99. The zero-order valence-corrected chi connectivity index (χ0v) is 12.4. The van der Waals surface area contributed by atoms with Crippen molar-refractivity contribution in [3.8, 4) is 11.4 Å². The van der Waals surface area contributed by atoms with Gasteiger partial charge in [-0.3, -0.25) is 9.48 Å². The molecule has 1 N–H and O–H groups in total. The van der Waals surface area contributed by atoms with Crippen LogP contribution in [0.15, 0.2) is 24.3 Å². The van der Waals surface area contributed by atoms with E-state index in [1.165, 1.54) is 4.68 Å². The number of aryl methyl sites for hydroxylation is 1. The van der Waals surface area contributed by atoms with E-state index in [9.17, 15) is 13.6 Å². The number of hydrogen-bond acceptors (Lipinski definition) is 3. The normalized spacial score (nSPS) is 16.7. The van der Waals surface area contributed by atoms with Gasteiger partial charge < -0.3 is 5.32 Å². The maximum atomic E-state index is 13.6. The summed E-state index contributed by atoms with van der Waals surface area (Å²) in [5.74, 6) is -2.01. The quantitative estimate of drug-likeness (QED) is 0.751. The molecule has 0 bridgehead atoms. The van der Waals surface area contributed by atoms with Crippen LogP contribution in [-0.4, -0.2) is 20.7 Å². The second kappa shape index (κ2) is 4.58. The van der Waals surface area contributed by atoms with Crippen LogP contribution < -0.4 is 5.32 Å². The Labute approximate surface area is 129 Å². The third-order valence-electron chi connectivity index (χ3n) is 4.06. The highest BCUT2D eigenvalue weighted by Crippen LogP contribution is 2.31. The molecule has 1 atom stereocenters. The standard InChI is InChI=1S/C16H12F2N4O/c1-7-14-8(16(23)19-7)3-4-12(20-14)15-9-5-10(17)11(18)6-13(9)22(2)21-15/h3-7H,1-2H3,(H,19,23). The lowest BCUT2D eigenvalue weighted by molar-refractivity contribution is 0.0958. The van der Waals surface area contributed by atoms with Gasteiger partial charge in [0.15, 0.2) is 11.6 Å². The Hall–Kier alpha value is -2.83. The van der Waals surface area contributed by atoms with E-state index in [-0.39, 0.29) is 11.9 Å². The van der Waals surface area contributed by atoms with Crippen LogP contribution in [0.25, 0.3) is 22.3 Å². The highest BCUT2D eigenvalue weighted by atomic mass is 19.2. The Bertz CT molecular complexity index is 980. The summed E-state index contributed by atoms with van der Waals surface area (Å²) in [7, 11) is 1.66. The molecule has 23 heavy (non-hydrogen) atoms. The minimum absolute atomic E-state index is 0.162. The molecule has 0 aliphatic carbocycles. The summed E-state index contributed by atoms with van der Waals surface area (Å²) in [6, 6.07) is 5.38. The Morgan fingerprint density at radius 1 is 1.22 bits per heavy atom. The second-order valence-corrected chi connectivity index (χ2v) is 5.58. The maximum Gasteiger partial charge on any atom is 0.253 e. The van der Waals surface area contributed by atoms with E-state index in [1.54, 1.807) is 19.2 Å². The van der Waals surface area contributed by atoms with E-state index in [4.69, 9.17) is 0 Å². The lowest BCUT2D eigenvalue weighted by Gasteiger charge is -2.04. The van der Waals surface area contributed by atoms with E-state index in [0.29, 0.717) is 33.5 Å². The minimum Gasteiger partial charge on any atom is -0.344 e. The molecule has 2 aromatic heterocycles. The molecule has 5 nitrogen and oxygen atoms in total. The molecule has 1 aromatic carbocycles. The molecule has 4 rings (SSSR count). The fourth-order valence-corrected chi connectivity index (χ4v) is 2.91. The fraction of sp³-hybridized carbons (Fsp3) is 0.188. The van der Waals surface area contributed by atoms with Crippen LogP contribution in [0.5, 0.6) is 0 Å². The third-order valence-corrected chi connectivity index (χ3v) is 4.06. The minimum atomic E-state index is -0.932. The van der Waals surface area contributed by atoms with Gasteiger partial charge in [-0.05, 0) is 25.1 Å². The monoisotopic (exact) mass is 314 g/mol. The molecule has 1 amide bonds. The average molecular weight is 314 g/mol. The van der Waals surface area contributed by atoms with E-state index < -0.39 is 11.6 Å². The number of carbonyl (C=O) groups excluding carboxylic acids is 1. The summed E-state index contributed by atoms with van der Waals surface area (Å²) in [6.07, 6.45) is 0. The predicted octanol–water partition coefficient (Wildman–Crippen LogP) is 2.72. The number of benzene rings is 1. The van der Waals surface area contributed by atoms with Crippen molar-refractivity contribution in [2.45, 2.75) is 13.0 Å². The molecule has 3 aromatic rings. The van der Waals surface area contributed by atoms with E-state index in [2.05, 4.69) is 15.4 Å². The number of halogens is 2. The van der Waals surface area contributed by atoms with E-state index >= 15 is 0 Å². The van der Waals surface area contributed by atoms with Crippen LogP contribution in [0, 0.1) is 11.6 Å². The number of amides is 1. The summed E-state index contributed by atoms with van der Waals surface area (Å²) in [5, 5.41) is 7.59. The van der Waals surface area contributed by atoms with E-state index in [1.807, 2.05) is 6.92 Å². The van der Waals surface area contributed by atoms with Crippen molar-refractivity contribution in [3.63, 3.8) is 0 Å². The summed E-state index contributed by atoms with van der Waals surface area (Å²) in [5.41, 5.74) is 2.61. The number of pyridine rings is 1. The Balaban J connectivity index is 1.95. The number of fused-ring (bicyclic) bond motifs is 2. The lowest BCUT2D eigenvalue weighted by Crippen LogP contribution is -2.16. The third kappa shape index (κ3) is 1.93. The van der Waals surface area contributed by atoms with Crippen molar-refractivity contribution in [1.29, 1.82) is 0 Å². The lowest BCUT2D eigenvalue weighted by atomic mass is 10.1. The number of rotatable bonds is 1. The van der Waals surface area contributed by atoms with Crippen LogP contribution in [-0.2, 0) is 7.05 Å². The molecule has 1 unspecified atom stereocenters. The molecular formula is C16H12F2N4O. The number of carbonyl (C=O) groups is 1. The van der Waals surface area contributed by atoms with Crippen molar-refractivity contribution < 1.29 is 13.6 Å². The first kappa shape index (κ1) is 13.8. The topological polar surface area (TPSA) is 59.8 Å². The molecule has 0 radical (unpaired) electrons. The van der Waals surface area contributed by atoms with Crippen LogP contribution in [0.4, 0.5) is 8.78 Å². The molecule has 0 fully saturated rings. The number of nitrogens with zero attached hydrogens (tertiary/aromatic N) is 3. The van der Waals surface area contributed by atoms with E-state index in [0.717, 1.165) is 12.1 Å². The average Bonchev–Trinajstić information content (AvgIpc) is 2.98. The van der Waals surface area contributed by atoms with Crippen LogP contribution >= 0.6 is 0 Å². The molecule has 116 valence electrons. The first-order valence-corrected chi connectivity index (χ1v) is 7.09. The zero-order chi connectivity index (χ0) is 16.3. The summed E-state index contributed by atoms with van der Waals surface area (Å²) in [4.78, 5) is 16.3. The van der Waals surface area contributed by atoms with Crippen molar-refractivity contribution in [1.82, 2.24) is 20.1 Å². The molecule has 0 spiro atoms. The second-order valence-electron chi connectivity index (χ2n) is 5.58. The van der Waals surface area contributed by atoms with Crippen LogP contribution in [0.3, 0.4) is 0 Å². The van der Waals surface area contributed by atoms with Crippen LogP contribution in [0.1, 0.15) is 29.0 Å². The molecule has 7 heteroatoms. The molecule has 1 aliphatic rings. The van der Waals surface area contributed by atoms with Crippen molar-refractivity contribution >= 4 is 16.8 Å². The predicted molar refractivity (Wildman–Crippen MR) is 79.7 cm³/mol. The zero-order valence-electron chi connectivity index (χ0n) is 12.4. The van der Waals surface area contributed by atoms with Gasteiger partial charge in [-0.15, -0.1) is 0 Å². The fourth-order valence-electron chi connectivity index (χ4n) is 2.91. The summed E-state index contributed by atoms with van der Waals surface area (Å²) < 4.78 is 28.5. The van der Waals surface area contributed by atoms with Crippen molar-refractivity contribution in [2.75, 3.05) is 0 Å². The smallest absolute Gasteiger partial charge is 0.253 e. The number of hydrogen-bond donors (Lipinski definition) is 1. The SMILES string of the molecule is CC1NC(=O)c2ccc(-c3nn(C)c4cc(F)c(F)cc34)nc21. The Morgan fingerprint density at radius 2 is 1.96 bits per heavy atom. The van der Waals surface area contributed by atoms with Gasteiger partial charge in [-0.2, -0.15) is 5.10 Å². The van der Waals surface area contributed by atoms with Gasteiger partial charge in [0.25, 0.3) is 5.91 Å². The molecule has 3 heterocycles.